The number of hydrogen-bond donors (Lipinski definition) is 1. The largest absolute Gasteiger partial charge is 0.462 e. The van der Waals surface area contributed by atoms with Crippen LogP contribution in [0.3, 0.4) is 0 Å². The minimum Gasteiger partial charge on any atom is -0.462 e. The number of halogens is 2. The quantitative estimate of drug-likeness (QED) is 0.362. The van der Waals surface area contributed by atoms with Gasteiger partial charge < -0.3 is 9.47 Å². The van der Waals surface area contributed by atoms with Crippen molar-refractivity contribution in [1.29, 1.82) is 0 Å². The summed E-state index contributed by atoms with van der Waals surface area (Å²) in [7, 11) is -5.69. The van der Waals surface area contributed by atoms with E-state index in [1.54, 1.807) is 0 Å². The average molecular weight is 424 g/mol. The minimum atomic E-state index is -5.69. The molecule has 0 radical (unpaired) electrons. The molecule has 2 saturated carbocycles. The normalized spacial score (nSPS) is 27.7. The maximum Gasteiger partial charge on any atom is 0.402 e. The van der Waals surface area contributed by atoms with Gasteiger partial charge in [0.1, 0.15) is 0 Å². The lowest BCUT2D eigenvalue weighted by Crippen LogP contribution is -2.45. The highest BCUT2D eigenvalue weighted by Crippen LogP contribution is 2.51. The molecule has 0 spiro atoms. The molecule has 0 heterocycles. The summed E-state index contributed by atoms with van der Waals surface area (Å²) in [4.78, 5) is 24.3. The van der Waals surface area contributed by atoms with Crippen molar-refractivity contribution >= 4 is 22.1 Å². The van der Waals surface area contributed by atoms with E-state index in [4.69, 9.17) is 9.29 Å². The minimum absolute atomic E-state index is 0.0926. The predicted molar refractivity (Wildman–Crippen MR) is 95.0 cm³/mol. The van der Waals surface area contributed by atoms with E-state index in [-0.39, 0.29) is 30.4 Å². The van der Waals surface area contributed by atoms with Crippen molar-refractivity contribution in [2.45, 2.75) is 57.1 Å². The van der Waals surface area contributed by atoms with Crippen molar-refractivity contribution in [3.8, 4) is 0 Å². The Hall–Kier alpha value is -1.55. The number of ether oxygens (including phenoxy) is 2. The Morgan fingerprint density at radius 2 is 1.79 bits per heavy atom. The summed E-state index contributed by atoms with van der Waals surface area (Å²) in [6.07, 6.45) is 4.72. The van der Waals surface area contributed by atoms with Crippen LogP contribution in [0.2, 0.25) is 0 Å². The second kappa shape index (κ2) is 8.44. The molecule has 28 heavy (non-hydrogen) atoms. The number of alkyl halides is 2. The van der Waals surface area contributed by atoms with Gasteiger partial charge in [0.25, 0.3) is 0 Å². The molecule has 2 atom stereocenters. The lowest BCUT2D eigenvalue weighted by molar-refractivity contribution is -0.170. The van der Waals surface area contributed by atoms with Gasteiger partial charge >= 0.3 is 27.3 Å². The van der Waals surface area contributed by atoms with Gasteiger partial charge in [0.05, 0.1) is 12.0 Å². The number of carbonyl (C=O) groups is 2. The lowest BCUT2D eigenvalue weighted by Gasteiger charge is -2.45. The maximum absolute atomic E-state index is 13.5. The Morgan fingerprint density at radius 3 is 2.29 bits per heavy atom. The molecular weight excluding hydrogens is 398 g/mol. The van der Waals surface area contributed by atoms with Gasteiger partial charge in [0.15, 0.2) is 6.61 Å². The van der Waals surface area contributed by atoms with Gasteiger partial charge in [-0.3, -0.25) is 9.35 Å². The molecule has 0 aromatic heterocycles. The zero-order valence-electron chi connectivity index (χ0n) is 15.8. The molecule has 2 aliphatic rings. The Morgan fingerprint density at radius 1 is 1.21 bits per heavy atom. The number of hydrogen-bond acceptors (Lipinski definition) is 6. The summed E-state index contributed by atoms with van der Waals surface area (Å²) in [5, 5.41) is -4.58. The summed E-state index contributed by atoms with van der Waals surface area (Å²) >= 11 is 0. The van der Waals surface area contributed by atoms with Crippen molar-refractivity contribution in [3.05, 3.63) is 12.2 Å². The van der Waals surface area contributed by atoms with Gasteiger partial charge in [-0.1, -0.05) is 25.8 Å². The van der Waals surface area contributed by atoms with Gasteiger partial charge in [0.2, 0.25) is 0 Å². The van der Waals surface area contributed by atoms with E-state index in [9.17, 15) is 26.8 Å². The first-order chi connectivity index (χ1) is 12.9. The van der Waals surface area contributed by atoms with Crippen LogP contribution in [-0.4, -0.2) is 43.4 Å². The van der Waals surface area contributed by atoms with Crippen LogP contribution in [0.4, 0.5) is 8.78 Å². The van der Waals surface area contributed by atoms with Crippen molar-refractivity contribution in [1.82, 2.24) is 0 Å². The monoisotopic (exact) mass is 424 g/mol. The fourth-order valence-corrected chi connectivity index (χ4v) is 4.48. The van der Waals surface area contributed by atoms with Crippen LogP contribution in [0.5, 0.6) is 0 Å². The van der Waals surface area contributed by atoms with E-state index in [0.717, 1.165) is 25.7 Å². The molecule has 2 unspecified atom stereocenters. The Kier molecular flexibility index (Phi) is 6.86. The topological polar surface area (TPSA) is 107 Å². The molecule has 2 bridgehead atoms. The van der Waals surface area contributed by atoms with Crippen LogP contribution in [0.1, 0.15) is 51.9 Å². The molecule has 160 valence electrons. The van der Waals surface area contributed by atoms with E-state index < -0.39 is 39.3 Å². The van der Waals surface area contributed by atoms with Crippen molar-refractivity contribution in [3.63, 3.8) is 0 Å². The van der Waals surface area contributed by atoms with Crippen LogP contribution in [0, 0.1) is 17.3 Å². The highest BCUT2D eigenvalue weighted by Gasteiger charge is 2.51. The summed E-state index contributed by atoms with van der Waals surface area (Å²) in [6, 6.07) is 0. The molecule has 0 aromatic carbocycles. The Bertz CT molecular complexity index is 720. The number of fused-ring (bicyclic) bond motifs is 2. The molecule has 7 nitrogen and oxygen atoms in total. The Labute approximate surface area is 163 Å². The van der Waals surface area contributed by atoms with Gasteiger partial charge in [-0.05, 0) is 44.4 Å². The zero-order valence-corrected chi connectivity index (χ0v) is 16.6. The van der Waals surface area contributed by atoms with Crippen LogP contribution >= 0.6 is 0 Å². The first-order valence-corrected chi connectivity index (χ1v) is 10.6. The molecular formula is C18H26F2O7S. The van der Waals surface area contributed by atoms with Crippen LogP contribution in [0.25, 0.3) is 0 Å². The fourth-order valence-electron chi connectivity index (χ4n) is 4.27. The summed E-state index contributed by atoms with van der Waals surface area (Å²) in [5.41, 5.74) is -0.927. The molecule has 10 heteroatoms. The molecule has 2 aliphatic carbocycles. The highest BCUT2D eigenvalue weighted by molar-refractivity contribution is 7.86. The van der Waals surface area contributed by atoms with Gasteiger partial charge in [0, 0.05) is 5.57 Å². The number of carbonyl (C=O) groups excluding carboxylic acids is 2. The molecule has 2 fully saturated rings. The highest BCUT2D eigenvalue weighted by atomic mass is 32.2. The molecule has 0 aromatic rings. The molecule has 0 aliphatic heterocycles. The van der Waals surface area contributed by atoms with E-state index in [0.29, 0.717) is 12.8 Å². The van der Waals surface area contributed by atoms with Gasteiger partial charge in [-0.25, -0.2) is 4.79 Å². The average Bonchev–Trinajstić information content (AvgIpc) is 2.58. The first-order valence-electron chi connectivity index (χ1n) is 9.21. The summed E-state index contributed by atoms with van der Waals surface area (Å²) in [5.74, 6) is -1.09. The second-order valence-corrected chi connectivity index (χ2v) is 9.49. The zero-order chi connectivity index (χ0) is 21.2. The molecule has 0 saturated heterocycles. The maximum atomic E-state index is 13.5. The summed E-state index contributed by atoms with van der Waals surface area (Å²) < 4.78 is 66.7. The van der Waals surface area contributed by atoms with E-state index in [1.807, 2.05) is 0 Å². The van der Waals surface area contributed by atoms with Gasteiger partial charge in [-0.15, -0.1) is 0 Å². The first kappa shape index (κ1) is 22.7. The standard InChI is InChI=1S/C18H26F2O7S/c1-12(2)15(21)26-7-6-17(9-13-4-3-5-14(8-13)10-17)16(22)27-11-18(19,20)28(23,24)25/h13-14H,1,3-11H2,2H3,(H,23,24,25). The fraction of sp³-hybridized carbons (Fsp3) is 0.778. The lowest BCUT2D eigenvalue weighted by atomic mass is 9.59. The third-order valence-corrected chi connectivity index (χ3v) is 6.47. The molecule has 1 N–H and O–H groups in total. The summed E-state index contributed by atoms with van der Waals surface area (Å²) in [6.45, 7) is 3.09. The van der Waals surface area contributed by atoms with Crippen molar-refractivity contribution < 1.29 is 40.8 Å². The van der Waals surface area contributed by atoms with E-state index in [1.165, 1.54) is 6.92 Å². The third-order valence-electron chi connectivity index (χ3n) is 5.59. The van der Waals surface area contributed by atoms with E-state index >= 15 is 0 Å². The van der Waals surface area contributed by atoms with Crippen LogP contribution in [-0.2, 0) is 29.2 Å². The SMILES string of the molecule is C=C(C)C(=O)OCCC1(C(=O)OCC(F)(F)S(=O)(=O)O)CC2CCCC(C2)C1. The molecule has 0 amide bonds. The third kappa shape index (κ3) is 5.28. The van der Waals surface area contributed by atoms with Gasteiger partial charge in [-0.2, -0.15) is 17.2 Å². The van der Waals surface area contributed by atoms with Crippen molar-refractivity contribution in [2.75, 3.05) is 13.2 Å². The predicted octanol–water partition coefficient (Wildman–Crippen LogP) is 3.11. The Balaban J connectivity index is 2.12. The van der Waals surface area contributed by atoms with Crippen molar-refractivity contribution in [2.24, 2.45) is 17.3 Å². The smallest absolute Gasteiger partial charge is 0.402 e. The number of esters is 2. The molecule has 2 rings (SSSR count). The van der Waals surface area contributed by atoms with E-state index in [2.05, 4.69) is 11.3 Å². The van der Waals surface area contributed by atoms with Crippen LogP contribution < -0.4 is 0 Å². The number of rotatable bonds is 8. The van der Waals surface area contributed by atoms with Crippen LogP contribution in [0.15, 0.2) is 12.2 Å². The second-order valence-electron chi connectivity index (χ2n) is 7.94.